The molecule has 0 spiro atoms. The smallest absolute Gasteiger partial charge is 0.241 e. The predicted octanol–water partition coefficient (Wildman–Crippen LogP) is 3.47. The number of primary amides is 1. The summed E-state index contributed by atoms with van der Waals surface area (Å²) in [5, 5.41) is 10.4. The van der Waals surface area contributed by atoms with Gasteiger partial charge in [0.05, 0.1) is 18.6 Å². The van der Waals surface area contributed by atoms with Gasteiger partial charge in [-0.25, -0.2) is 8.78 Å². The number of rotatable bonds is 7. The molecule has 1 aliphatic heterocycles. The van der Waals surface area contributed by atoms with E-state index >= 15 is 0 Å². The topological polar surface area (TPSA) is 86.9 Å². The summed E-state index contributed by atoms with van der Waals surface area (Å²) in [5.41, 5.74) is 6.09. The number of hydrogen-bond donors (Lipinski definition) is 2. The maximum atomic E-state index is 14.6. The Balaban J connectivity index is 2.08. The van der Waals surface area contributed by atoms with Gasteiger partial charge in [0.1, 0.15) is 17.9 Å². The second kappa shape index (κ2) is 10.0. The number of benzene rings is 2. The molecule has 3 atom stereocenters. The molecule has 1 unspecified atom stereocenters. The molecule has 182 valence electrons. The fraction of sp³-hybridized carbons (Fsp3) is 0.385. The Morgan fingerprint density at radius 2 is 1.82 bits per heavy atom. The van der Waals surface area contributed by atoms with Crippen LogP contribution in [0.3, 0.4) is 0 Å². The van der Waals surface area contributed by atoms with Crippen LogP contribution in [0.5, 0.6) is 0 Å². The van der Waals surface area contributed by atoms with Gasteiger partial charge in [-0.2, -0.15) is 0 Å². The fourth-order valence-electron chi connectivity index (χ4n) is 4.46. The highest BCUT2D eigenvalue weighted by Crippen LogP contribution is 2.38. The lowest BCUT2D eigenvalue weighted by Crippen LogP contribution is -2.59. The van der Waals surface area contributed by atoms with Crippen LogP contribution in [0.15, 0.2) is 54.6 Å². The lowest BCUT2D eigenvalue weighted by atomic mass is 9.84. The fourth-order valence-corrected chi connectivity index (χ4v) is 4.46. The van der Waals surface area contributed by atoms with E-state index in [1.807, 2.05) is 51.1 Å². The molecule has 0 radical (unpaired) electrons. The summed E-state index contributed by atoms with van der Waals surface area (Å²) in [6.07, 6.45) is 0.637. The van der Waals surface area contributed by atoms with E-state index in [0.717, 1.165) is 23.8 Å². The Labute approximate surface area is 198 Å². The van der Waals surface area contributed by atoms with E-state index in [-0.39, 0.29) is 24.6 Å². The molecule has 1 aliphatic rings. The van der Waals surface area contributed by atoms with Crippen LogP contribution < -0.4 is 5.73 Å². The van der Waals surface area contributed by atoms with Crippen molar-refractivity contribution in [3.8, 4) is 0 Å². The van der Waals surface area contributed by atoms with Crippen LogP contribution in [0.25, 0.3) is 5.57 Å². The molecular weight excluding hydrogens is 440 g/mol. The molecule has 3 N–H and O–H groups in total. The molecule has 3 rings (SSSR count). The zero-order valence-electron chi connectivity index (χ0n) is 19.8. The lowest BCUT2D eigenvalue weighted by molar-refractivity contribution is -0.150. The quantitative estimate of drug-likeness (QED) is 0.606. The van der Waals surface area contributed by atoms with Crippen molar-refractivity contribution in [3.63, 3.8) is 0 Å². The van der Waals surface area contributed by atoms with Crippen LogP contribution in [0.1, 0.15) is 44.9 Å². The van der Waals surface area contributed by atoms with Crippen molar-refractivity contribution >= 4 is 17.4 Å². The van der Waals surface area contributed by atoms with Gasteiger partial charge in [-0.1, -0.05) is 57.2 Å². The van der Waals surface area contributed by atoms with Gasteiger partial charge in [0, 0.05) is 12.1 Å². The van der Waals surface area contributed by atoms with Crippen molar-refractivity contribution in [3.05, 3.63) is 77.4 Å². The number of amides is 2. The molecule has 2 aromatic carbocycles. The third kappa shape index (κ3) is 5.51. The van der Waals surface area contributed by atoms with Gasteiger partial charge < -0.3 is 15.7 Å². The molecule has 8 heteroatoms. The van der Waals surface area contributed by atoms with Gasteiger partial charge in [0.25, 0.3) is 0 Å². The zero-order valence-corrected chi connectivity index (χ0v) is 19.8. The van der Waals surface area contributed by atoms with Crippen molar-refractivity contribution in [2.24, 2.45) is 11.1 Å². The number of carbonyl (C=O) groups is 2. The molecule has 0 aliphatic carbocycles. The van der Waals surface area contributed by atoms with Crippen molar-refractivity contribution in [1.29, 1.82) is 0 Å². The first-order valence-electron chi connectivity index (χ1n) is 11.1. The molecule has 1 heterocycles. The summed E-state index contributed by atoms with van der Waals surface area (Å²) in [4.78, 5) is 28.7. The molecule has 0 fully saturated rings. The molecule has 2 aromatic rings. The maximum Gasteiger partial charge on any atom is 0.241 e. The van der Waals surface area contributed by atoms with E-state index in [0.29, 0.717) is 5.57 Å². The summed E-state index contributed by atoms with van der Waals surface area (Å²) in [6, 6.07) is 11.0. The van der Waals surface area contributed by atoms with Gasteiger partial charge in [-0.15, -0.1) is 0 Å². The van der Waals surface area contributed by atoms with E-state index in [1.54, 1.807) is 11.0 Å². The number of hydrogen-bond acceptors (Lipinski definition) is 4. The number of nitrogens with two attached hydrogens (primary N) is 1. The number of aliphatic hydroxyl groups is 1. The monoisotopic (exact) mass is 471 g/mol. The van der Waals surface area contributed by atoms with E-state index < -0.39 is 41.3 Å². The second-order valence-electron chi connectivity index (χ2n) is 9.68. The van der Waals surface area contributed by atoms with Crippen LogP contribution in [-0.2, 0) is 9.59 Å². The number of carbonyl (C=O) groups excluding carboxylic acids is 2. The predicted molar refractivity (Wildman–Crippen MR) is 126 cm³/mol. The minimum atomic E-state index is -1.12. The Morgan fingerprint density at radius 3 is 2.38 bits per heavy atom. The minimum Gasteiger partial charge on any atom is -0.379 e. The summed E-state index contributed by atoms with van der Waals surface area (Å²) < 4.78 is 28.5. The van der Waals surface area contributed by atoms with Crippen molar-refractivity contribution in [2.45, 2.75) is 46.0 Å². The highest BCUT2D eigenvalue weighted by molar-refractivity contribution is 5.88. The van der Waals surface area contributed by atoms with Gasteiger partial charge in [0.15, 0.2) is 0 Å². The third-order valence-corrected chi connectivity index (χ3v) is 5.94. The zero-order chi connectivity index (χ0) is 25.2. The van der Waals surface area contributed by atoms with Crippen LogP contribution in [0, 0.1) is 17.0 Å². The Kier molecular flexibility index (Phi) is 7.53. The van der Waals surface area contributed by atoms with Crippen LogP contribution in [0.2, 0.25) is 0 Å². The Hall–Kier alpha value is -3.10. The first-order chi connectivity index (χ1) is 15.9. The summed E-state index contributed by atoms with van der Waals surface area (Å²) in [5.74, 6) is -2.19. The van der Waals surface area contributed by atoms with E-state index in [2.05, 4.69) is 0 Å². The summed E-state index contributed by atoms with van der Waals surface area (Å²) in [6.45, 7) is 6.70. The number of nitrogens with zero attached hydrogens (tertiary/aromatic N) is 2. The van der Waals surface area contributed by atoms with Crippen LogP contribution >= 0.6 is 0 Å². The largest absolute Gasteiger partial charge is 0.379 e. The summed E-state index contributed by atoms with van der Waals surface area (Å²) in [7, 11) is 0. The molecule has 2 amide bonds. The first-order valence-corrected chi connectivity index (χ1v) is 11.1. The molecular formula is C26H31F2N3O3. The number of aliphatic hydroxyl groups excluding tert-OH is 1. The highest BCUT2D eigenvalue weighted by atomic mass is 19.1. The number of halogens is 2. The molecule has 0 saturated carbocycles. The van der Waals surface area contributed by atoms with Gasteiger partial charge >= 0.3 is 0 Å². The van der Waals surface area contributed by atoms with E-state index in [1.165, 1.54) is 11.8 Å². The van der Waals surface area contributed by atoms with Crippen molar-refractivity contribution in [2.75, 3.05) is 13.1 Å². The minimum absolute atomic E-state index is 0.0373. The first kappa shape index (κ1) is 25.5. The van der Waals surface area contributed by atoms with E-state index in [4.69, 9.17) is 5.73 Å². The van der Waals surface area contributed by atoms with Gasteiger partial charge in [-0.3, -0.25) is 14.5 Å². The summed E-state index contributed by atoms with van der Waals surface area (Å²) >= 11 is 0. The second-order valence-corrected chi connectivity index (χ2v) is 9.68. The molecule has 6 nitrogen and oxygen atoms in total. The van der Waals surface area contributed by atoms with Crippen molar-refractivity contribution < 1.29 is 23.5 Å². The van der Waals surface area contributed by atoms with Gasteiger partial charge in [-0.05, 0) is 41.7 Å². The molecule has 0 bridgehead atoms. The lowest BCUT2D eigenvalue weighted by Gasteiger charge is -2.42. The molecule has 0 saturated heterocycles. The van der Waals surface area contributed by atoms with Crippen molar-refractivity contribution in [1.82, 2.24) is 9.80 Å². The standard InChI is InChI=1S/C26H31F2N3O3/c1-16(32)30(15-23(29)33)24(26(2,3)4)25(34)31-14-18(20-13-19(27)10-11-21(20)28)12-22(31)17-8-6-5-7-9-17/h5-13,16,22,24,32H,14-15H2,1-4H3,(H2,29,33)/t16?,22-,24+/m0/s1. The third-order valence-electron chi connectivity index (χ3n) is 5.94. The Bertz CT molecular complexity index is 1080. The average Bonchev–Trinajstić information content (AvgIpc) is 3.19. The molecule has 34 heavy (non-hydrogen) atoms. The Morgan fingerprint density at radius 1 is 1.18 bits per heavy atom. The average molecular weight is 472 g/mol. The normalized spacial score (nSPS) is 18.1. The maximum absolute atomic E-state index is 14.6. The van der Waals surface area contributed by atoms with Gasteiger partial charge in [0.2, 0.25) is 11.8 Å². The van der Waals surface area contributed by atoms with Crippen LogP contribution in [-0.4, -0.2) is 52.1 Å². The highest BCUT2D eigenvalue weighted by Gasteiger charge is 2.44. The molecule has 0 aromatic heterocycles. The van der Waals surface area contributed by atoms with E-state index in [9.17, 15) is 23.5 Å². The SMILES string of the molecule is CC(O)N(CC(N)=O)[C@H](C(=O)N1CC(c2cc(F)ccc2F)=C[C@H]1c1ccccc1)C(C)(C)C. The van der Waals surface area contributed by atoms with Crippen LogP contribution in [0.4, 0.5) is 8.78 Å².